The van der Waals surface area contributed by atoms with Crippen molar-refractivity contribution in [1.29, 1.82) is 0 Å². The van der Waals surface area contributed by atoms with Crippen LogP contribution in [0.4, 0.5) is 0 Å². The maximum atomic E-state index is 2.49. The first kappa shape index (κ1) is 24.7. The highest BCUT2D eigenvalue weighted by molar-refractivity contribution is 6.98. The van der Waals surface area contributed by atoms with Gasteiger partial charge in [0.1, 0.15) is 0 Å². The number of hydrogen-bond donors (Lipinski definition) is 0. The van der Waals surface area contributed by atoms with Gasteiger partial charge in [-0.3, -0.25) is 0 Å². The summed E-state index contributed by atoms with van der Waals surface area (Å²) in [5.41, 5.74) is 16.6. The van der Waals surface area contributed by atoms with Crippen LogP contribution in [0.1, 0.15) is 50.1 Å². The summed E-state index contributed by atoms with van der Waals surface area (Å²) < 4.78 is 0. The van der Waals surface area contributed by atoms with E-state index in [4.69, 9.17) is 0 Å². The van der Waals surface area contributed by atoms with Gasteiger partial charge in [0.2, 0.25) is 6.71 Å². The van der Waals surface area contributed by atoms with Crippen molar-refractivity contribution in [3.63, 3.8) is 0 Å². The molecule has 0 saturated carbocycles. The van der Waals surface area contributed by atoms with E-state index in [2.05, 4.69) is 123 Å². The average molecular weight is 493 g/mol. The standard InChI is InChI=1S/C37H37B/c1-20-14-25(6)36(26(7)15-20)38(37-27(8)16-21(2)17-28(37)9)33-19-24(5)31-11-10-29-22(3)18-23(4)30-12-13-32(33)35(31)34(29)30/h10-19H,1-9H3. The molecule has 0 aliphatic heterocycles. The van der Waals surface area contributed by atoms with Gasteiger partial charge in [0.05, 0.1) is 0 Å². The predicted octanol–water partition coefficient (Wildman–Crippen LogP) is 7.88. The third-order valence-corrected chi connectivity index (χ3v) is 8.92. The van der Waals surface area contributed by atoms with E-state index in [1.165, 1.54) is 98.8 Å². The first-order valence-corrected chi connectivity index (χ1v) is 13.9. The lowest BCUT2D eigenvalue weighted by molar-refractivity contribution is 1.34. The quantitative estimate of drug-likeness (QED) is 0.174. The highest BCUT2D eigenvalue weighted by atomic mass is 14.2. The van der Waals surface area contributed by atoms with Crippen LogP contribution < -0.4 is 16.4 Å². The number of benzene rings is 6. The fraction of sp³-hybridized carbons (Fsp3) is 0.243. The van der Waals surface area contributed by atoms with Crippen molar-refractivity contribution in [3.05, 3.63) is 111 Å². The van der Waals surface area contributed by atoms with Gasteiger partial charge >= 0.3 is 0 Å². The molecule has 0 N–H and O–H groups in total. The molecule has 0 unspecified atom stereocenters. The van der Waals surface area contributed by atoms with Crippen LogP contribution in [0.3, 0.4) is 0 Å². The molecule has 1 heteroatoms. The zero-order valence-corrected chi connectivity index (χ0v) is 24.4. The highest BCUT2D eigenvalue weighted by Crippen LogP contribution is 2.38. The SMILES string of the molecule is Cc1cc(C)c(B(c2c(C)cc(C)cc2C)c2cc(C)c3ccc4c(C)cc(C)c5ccc2c3c45)c(C)c1. The normalized spacial score (nSPS) is 11.8. The van der Waals surface area contributed by atoms with Crippen LogP contribution in [0.2, 0.25) is 0 Å². The molecule has 0 aliphatic rings. The van der Waals surface area contributed by atoms with Gasteiger partial charge in [0.25, 0.3) is 0 Å². The number of rotatable bonds is 3. The maximum Gasteiger partial charge on any atom is 0.243 e. The Hall–Kier alpha value is -3.58. The topological polar surface area (TPSA) is 0 Å². The lowest BCUT2D eigenvalue weighted by Gasteiger charge is -2.27. The van der Waals surface area contributed by atoms with Gasteiger partial charge in [-0.25, -0.2) is 0 Å². The van der Waals surface area contributed by atoms with E-state index in [9.17, 15) is 0 Å². The Kier molecular flexibility index (Phi) is 5.69. The van der Waals surface area contributed by atoms with Gasteiger partial charge in [-0.15, -0.1) is 0 Å². The van der Waals surface area contributed by atoms with Gasteiger partial charge < -0.3 is 0 Å². The molecule has 0 aromatic heterocycles. The second-order valence-electron chi connectivity index (χ2n) is 11.9. The number of aryl methyl sites for hydroxylation is 9. The molecule has 0 fully saturated rings. The summed E-state index contributed by atoms with van der Waals surface area (Å²) in [5, 5.41) is 8.37. The molecule has 0 aliphatic carbocycles. The first-order chi connectivity index (χ1) is 18.1. The van der Waals surface area contributed by atoms with Crippen LogP contribution in [0, 0.1) is 62.3 Å². The molecule has 0 saturated heterocycles. The Balaban J connectivity index is 1.82. The molecule has 6 rings (SSSR count). The Bertz CT molecular complexity index is 1780. The second kappa shape index (κ2) is 8.74. The Morgan fingerprint density at radius 1 is 0.368 bits per heavy atom. The fourth-order valence-electron chi connectivity index (χ4n) is 7.58. The molecule has 0 radical (unpaired) electrons. The maximum absolute atomic E-state index is 2.49. The van der Waals surface area contributed by atoms with E-state index in [0.29, 0.717) is 0 Å². The monoisotopic (exact) mass is 492 g/mol. The molecule has 188 valence electrons. The van der Waals surface area contributed by atoms with Crippen LogP contribution in [0.5, 0.6) is 0 Å². The van der Waals surface area contributed by atoms with E-state index in [1.807, 2.05) is 0 Å². The van der Waals surface area contributed by atoms with E-state index in [1.54, 1.807) is 0 Å². The minimum Gasteiger partial charge on any atom is -0.0629 e. The molecular weight excluding hydrogens is 455 g/mol. The molecule has 6 aromatic rings. The zero-order chi connectivity index (χ0) is 27.0. The van der Waals surface area contributed by atoms with Crippen molar-refractivity contribution in [2.45, 2.75) is 62.3 Å². The van der Waals surface area contributed by atoms with Crippen molar-refractivity contribution in [1.82, 2.24) is 0 Å². The third kappa shape index (κ3) is 3.59. The van der Waals surface area contributed by atoms with Crippen molar-refractivity contribution < 1.29 is 0 Å². The lowest BCUT2D eigenvalue weighted by Crippen LogP contribution is -2.56. The Labute approximate surface area is 228 Å². The predicted molar refractivity (Wildman–Crippen MR) is 170 cm³/mol. The van der Waals surface area contributed by atoms with E-state index in [0.717, 1.165) is 0 Å². The number of hydrogen-bond acceptors (Lipinski definition) is 0. The third-order valence-electron chi connectivity index (χ3n) is 8.92. The molecule has 6 aromatic carbocycles. The largest absolute Gasteiger partial charge is 0.243 e. The second-order valence-corrected chi connectivity index (χ2v) is 11.9. The van der Waals surface area contributed by atoms with Crippen LogP contribution in [-0.4, -0.2) is 6.71 Å². The minimum absolute atomic E-state index is 0.168. The van der Waals surface area contributed by atoms with Crippen molar-refractivity contribution in [2.24, 2.45) is 0 Å². The Morgan fingerprint density at radius 3 is 1.13 bits per heavy atom. The van der Waals surface area contributed by atoms with Gasteiger partial charge in [-0.05, 0) is 111 Å². The molecule has 0 bridgehead atoms. The van der Waals surface area contributed by atoms with Gasteiger partial charge in [-0.1, -0.05) is 110 Å². The van der Waals surface area contributed by atoms with Crippen LogP contribution in [0.25, 0.3) is 32.3 Å². The van der Waals surface area contributed by atoms with Crippen LogP contribution >= 0.6 is 0 Å². The minimum atomic E-state index is 0.168. The van der Waals surface area contributed by atoms with Crippen molar-refractivity contribution in [2.75, 3.05) is 0 Å². The van der Waals surface area contributed by atoms with Gasteiger partial charge in [0, 0.05) is 0 Å². The average Bonchev–Trinajstić information content (AvgIpc) is 2.83. The van der Waals surface area contributed by atoms with Crippen LogP contribution in [0.15, 0.2) is 60.7 Å². The molecule has 0 amide bonds. The summed E-state index contributed by atoms with van der Waals surface area (Å²) in [6.07, 6.45) is 0. The molecule has 0 heterocycles. The Morgan fingerprint density at radius 2 is 0.711 bits per heavy atom. The lowest BCUT2D eigenvalue weighted by atomic mass is 9.33. The fourth-order valence-corrected chi connectivity index (χ4v) is 7.58. The zero-order valence-electron chi connectivity index (χ0n) is 24.4. The van der Waals surface area contributed by atoms with Gasteiger partial charge in [-0.2, -0.15) is 0 Å². The summed E-state index contributed by atoms with van der Waals surface area (Å²) in [7, 11) is 0. The smallest absolute Gasteiger partial charge is 0.0629 e. The van der Waals surface area contributed by atoms with Crippen molar-refractivity contribution >= 4 is 55.4 Å². The summed E-state index contributed by atoms with van der Waals surface area (Å²) in [6, 6.07) is 23.8. The van der Waals surface area contributed by atoms with E-state index >= 15 is 0 Å². The van der Waals surface area contributed by atoms with E-state index in [-0.39, 0.29) is 6.71 Å². The molecule has 38 heavy (non-hydrogen) atoms. The molecule has 0 atom stereocenters. The van der Waals surface area contributed by atoms with Crippen molar-refractivity contribution in [3.8, 4) is 0 Å². The summed E-state index contributed by atoms with van der Waals surface area (Å²) in [6.45, 7) is 20.6. The molecular formula is C37H37B. The van der Waals surface area contributed by atoms with E-state index < -0.39 is 0 Å². The first-order valence-electron chi connectivity index (χ1n) is 13.9. The summed E-state index contributed by atoms with van der Waals surface area (Å²) >= 11 is 0. The molecule has 0 spiro atoms. The van der Waals surface area contributed by atoms with Gasteiger partial charge in [0.15, 0.2) is 0 Å². The van der Waals surface area contributed by atoms with Crippen LogP contribution in [-0.2, 0) is 0 Å². The summed E-state index contributed by atoms with van der Waals surface area (Å²) in [5.74, 6) is 0. The highest BCUT2D eigenvalue weighted by Gasteiger charge is 2.31. The summed E-state index contributed by atoms with van der Waals surface area (Å²) in [4.78, 5) is 0. The molecule has 0 nitrogen and oxygen atoms in total.